The van der Waals surface area contributed by atoms with Gasteiger partial charge in [-0.3, -0.25) is 4.79 Å². The molecule has 2 heterocycles. The maximum atomic E-state index is 13.8. The Kier molecular flexibility index (Phi) is 7.56. The number of allylic oxidation sites excluding steroid dienone is 1. The maximum Gasteiger partial charge on any atom is 0.255 e. The number of benzene rings is 3. The van der Waals surface area contributed by atoms with Crippen molar-refractivity contribution >= 4 is 29.1 Å². The van der Waals surface area contributed by atoms with E-state index < -0.39 is 6.04 Å². The van der Waals surface area contributed by atoms with Crippen molar-refractivity contribution in [1.82, 2.24) is 14.8 Å². The molecular formula is C30H30ClN5O3. The summed E-state index contributed by atoms with van der Waals surface area (Å²) in [5.41, 5.74) is 5.78. The van der Waals surface area contributed by atoms with Crippen LogP contribution in [0.15, 0.2) is 78.3 Å². The van der Waals surface area contributed by atoms with Gasteiger partial charge >= 0.3 is 0 Å². The minimum Gasteiger partial charge on any atom is -0.490 e. The number of fused-ring (bicyclic) bond motifs is 1. The SMILES string of the molecule is CCOc1cc([C@@H]2C(C(=O)Nc3ccc(C)cc3C)=C(C)Nc3ncnn32)ccc1OCc1ccccc1Cl. The van der Waals surface area contributed by atoms with Crippen LogP contribution in [0.5, 0.6) is 11.5 Å². The van der Waals surface area contributed by atoms with Gasteiger partial charge in [0.25, 0.3) is 5.91 Å². The summed E-state index contributed by atoms with van der Waals surface area (Å²) in [5, 5.41) is 11.4. The van der Waals surface area contributed by atoms with E-state index in [4.69, 9.17) is 21.1 Å². The third kappa shape index (κ3) is 5.47. The van der Waals surface area contributed by atoms with Crippen molar-refractivity contribution in [3.8, 4) is 11.5 Å². The lowest BCUT2D eigenvalue weighted by Crippen LogP contribution is -2.31. The third-order valence-corrected chi connectivity index (χ3v) is 6.96. The topological polar surface area (TPSA) is 90.3 Å². The van der Waals surface area contributed by atoms with Crippen LogP contribution < -0.4 is 20.1 Å². The lowest BCUT2D eigenvalue weighted by molar-refractivity contribution is -0.113. The van der Waals surface area contributed by atoms with Gasteiger partial charge in [-0.15, -0.1) is 0 Å². The minimum absolute atomic E-state index is 0.227. The van der Waals surface area contributed by atoms with E-state index in [-0.39, 0.29) is 5.91 Å². The fourth-order valence-corrected chi connectivity index (χ4v) is 4.88. The molecule has 1 aromatic heterocycles. The van der Waals surface area contributed by atoms with Gasteiger partial charge in [0, 0.05) is 22.0 Å². The Morgan fingerprint density at radius 3 is 2.64 bits per heavy atom. The molecule has 0 saturated carbocycles. The van der Waals surface area contributed by atoms with Gasteiger partial charge in [0.2, 0.25) is 5.95 Å². The number of nitrogens with zero attached hydrogens (tertiary/aromatic N) is 3. The number of carbonyl (C=O) groups is 1. The number of anilines is 2. The van der Waals surface area contributed by atoms with E-state index in [1.54, 1.807) is 4.68 Å². The molecule has 0 saturated heterocycles. The van der Waals surface area contributed by atoms with Crippen LogP contribution in [0.2, 0.25) is 5.02 Å². The van der Waals surface area contributed by atoms with Gasteiger partial charge in [-0.05, 0) is 63.1 Å². The zero-order valence-electron chi connectivity index (χ0n) is 22.3. The monoisotopic (exact) mass is 543 g/mol. The molecule has 3 aromatic carbocycles. The fraction of sp³-hybridized carbons (Fsp3) is 0.233. The first kappa shape index (κ1) is 26.3. The number of hydrogen-bond acceptors (Lipinski definition) is 6. The fourth-order valence-electron chi connectivity index (χ4n) is 4.69. The Morgan fingerprint density at radius 1 is 1.05 bits per heavy atom. The molecule has 5 rings (SSSR count). The molecule has 1 atom stereocenters. The lowest BCUT2D eigenvalue weighted by atomic mass is 9.94. The Labute approximate surface area is 232 Å². The summed E-state index contributed by atoms with van der Waals surface area (Å²) in [4.78, 5) is 18.1. The Morgan fingerprint density at radius 2 is 1.87 bits per heavy atom. The first-order valence-electron chi connectivity index (χ1n) is 12.7. The molecule has 200 valence electrons. The highest BCUT2D eigenvalue weighted by Crippen LogP contribution is 2.39. The molecule has 0 bridgehead atoms. The Hall–Kier alpha value is -4.30. The summed E-state index contributed by atoms with van der Waals surface area (Å²) < 4.78 is 13.8. The van der Waals surface area contributed by atoms with E-state index in [0.29, 0.717) is 47.0 Å². The van der Waals surface area contributed by atoms with Crippen molar-refractivity contribution in [2.24, 2.45) is 0 Å². The molecule has 0 fully saturated rings. The molecule has 2 N–H and O–H groups in total. The zero-order valence-corrected chi connectivity index (χ0v) is 23.0. The van der Waals surface area contributed by atoms with Crippen molar-refractivity contribution in [3.05, 3.63) is 106 Å². The van der Waals surface area contributed by atoms with E-state index in [1.165, 1.54) is 6.33 Å². The van der Waals surface area contributed by atoms with E-state index in [9.17, 15) is 4.79 Å². The van der Waals surface area contributed by atoms with Crippen molar-refractivity contribution < 1.29 is 14.3 Å². The lowest BCUT2D eigenvalue weighted by Gasteiger charge is -2.29. The van der Waals surface area contributed by atoms with E-state index in [2.05, 4.69) is 20.7 Å². The molecule has 8 nitrogen and oxygen atoms in total. The molecule has 0 unspecified atom stereocenters. The van der Waals surface area contributed by atoms with Crippen LogP contribution in [0.1, 0.15) is 42.1 Å². The second-order valence-corrected chi connectivity index (χ2v) is 9.79. The van der Waals surface area contributed by atoms with Crippen molar-refractivity contribution in [1.29, 1.82) is 0 Å². The summed E-state index contributed by atoms with van der Waals surface area (Å²) in [6.07, 6.45) is 1.47. The van der Waals surface area contributed by atoms with E-state index >= 15 is 0 Å². The van der Waals surface area contributed by atoms with Gasteiger partial charge in [0.05, 0.1) is 12.2 Å². The maximum absolute atomic E-state index is 13.8. The third-order valence-electron chi connectivity index (χ3n) is 6.59. The predicted molar refractivity (Wildman–Crippen MR) is 152 cm³/mol. The number of halogens is 1. The van der Waals surface area contributed by atoms with Crippen molar-refractivity contribution in [2.75, 3.05) is 17.2 Å². The summed E-state index contributed by atoms with van der Waals surface area (Å²) in [5.74, 6) is 1.47. The number of aromatic nitrogens is 3. The molecule has 1 amide bonds. The van der Waals surface area contributed by atoms with Gasteiger partial charge in [0.15, 0.2) is 11.5 Å². The number of carbonyl (C=O) groups excluding carboxylic acids is 1. The molecule has 0 aliphatic carbocycles. The van der Waals surface area contributed by atoms with Crippen LogP contribution in [0.3, 0.4) is 0 Å². The zero-order chi connectivity index (χ0) is 27.5. The number of amides is 1. The Bertz CT molecular complexity index is 1560. The molecule has 0 spiro atoms. The van der Waals surface area contributed by atoms with Crippen LogP contribution in [0.25, 0.3) is 0 Å². The number of rotatable bonds is 8. The summed E-state index contributed by atoms with van der Waals surface area (Å²) in [7, 11) is 0. The van der Waals surface area contributed by atoms with Crippen LogP contribution >= 0.6 is 11.6 Å². The molecule has 0 radical (unpaired) electrons. The minimum atomic E-state index is -0.536. The van der Waals surface area contributed by atoms with Gasteiger partial charge in [0.1, 0.15) is 19.0 Å². The molecular weight excluding hydrogens is 514 g/mol. The largest absolute Gasteiger partial charge is 0.490 e. The van der Waals surface area contributed by atoms with Crippen LogP contribution in [-0.4, -0.2) is 27.3 Å². The number of nitrogens with one attached hydrogen (secondary N) is 2. The summed E-state index contributed by atoms with van der Waals surface area (Å²) >= 11 is 6.31. The number of hydrogen-bond donors (Lipinski definition) is 2. The summed E-state index contributed by atoms with van der Waals surface area (Å²) in [6, 6.07) is 18.6. The number of aryl methyl sites for hydroxylation is 2. The molecule has 1 aliphatic rings. The first-order chi connectivity index (χ1) is 18.9. The van der Waals surface area contributed by atoms with E-state index in [1.807, 2.05) is 88.4 Å². The van der Waals surface area contributed by atoms with Crippen LogP contribution in [0.4, 0.5) is 11.6 Å². The standard InChI is InChI=1S/C30H30ClN5O3/c1-5-38-26-15-21(11-13-25(26)39-16-22-8-6-7-9-23(22)31)28-27(20(4)34-30-32-17-33-36(28)30)29(37)35-24-12-10-18(2)14-19(24)3/h6-15,17,28H,5,16H2,1-4H3,(H,35,37)(H,32,33,34)/t28-/m1/s1. The first-order valence-corrected chi connectivity index (χ1v) is 13.1. The second kappa shape index (κ2) is 11.2. The van der Waals surface area contributed by atoms with Crippen LogP contribution in [-0.2, 0) is 11.4 Å². The van der Waals surface area contributed by atoms with Gasteiger partial charge in [-0.25, -0.2) is 4.68 Å². The average molecular weight is 544 g/mol. The quantitative estimate of drug-likeness (QED) is 0.265. The molecule has 1 aliphatic heterocycles. The predicted octanol–water partition coefficient (Wildman–Crippen LogP) is 6.45. The van der Waals surface area contributed by atoms with Gasteiger partial charge in [-0.2, -0.15) is 10.1 Å². The van der Waals surface area contributed by atoms with Gasteiger partial charge in [-0.1, -0.05) is 53.6 Å². The highest BCUT2D eigenvalue weighted by Gasteiger charge is 2.34. The van der Waals surface area contributed by atoms with E-state index in [0.717, 1.165) is 27.9 Å². The molecule has 9 heteroatoms. The Balaban J connectivity index is 1.50. The van der Waals surface area contributed by atoms with Crippen LogP contribution in [0, 0.1) is 13.8 Å². The second-order valence-electron chi connectivity index (χ2n) is 9.39. The molecule has 39 heavy (non-hydrogen) atoms. The molecule has 4 aromatic rings. The highest BCUT2D eigenvalue weighted by atomic mass is 35.5. The smallest absolute Gasteiger partial charge is 0.255 e. The van der Waals surface area contributed by atoms with Gasteiger partial charge < -0.3 is 20.1 Å². The average Bonchev–Trinajstić information content (AvgIpc) is 3.37. The summed E-state index contributed by atoms with van der Waals surface area (Å²) in [6.45, 7) is 8.52. The normalized spacial score (nSPS) is 14.4. The highest BCUT2D eigenvalue weighted by molar-refractivity contribution is 6.31. The number of ether oxygens (including phenoxy) is 2. The van der Waals surface area contributed by atoms with Crippen molar-refractivity contribution in [2.45, 2.75) is 40.3 Å². The van der Waals surface area contributed by atoms with Crippen molar-refractivity contribution in [3.63, 3.8) is 0 Å².